The van der Waals surface area contributed by atoms with Gasteiger partial charge in [0.05, 0.1) is 12.0 Å². The molecule has 1 aliphatic rings. The van der Waals surface area contributed by atoms with Crippen LogP contribution in [-0.4, -0.2) is 51.9 Å². The van der Waals surface area contributed by atoms with Gasteiger partial charge in [-0.3, -0.25) is 4.79 Å². The van der Waals surface area contributed by atoms with Gasteiger partial charge in [0.2, 0.25) is 0 Å². The second kappa shape index (κ2) is 7.89. The quantitative estimate of drug-likeness (QED) is 0.571. The number of amides is 2. The van der Waals surface area contributed by atoms with Crippen LogP contribution in [0, 0.1) is 0 Å². The Kier molecular flexibility index (Phi) is 6.80. The van der Waals surface area contributed by atoms with E-state index in [0.29, 0.717) is 6.54 Å². The van der Waals surface area contributed by atoms with Gasteiger partial charge in [0, 0.05) is 17.8 Å². The molecule has 1 aliphatic carbocycles. The number of urea groups is 1. The van der Waals surface area contributed by atoms with E-state index < -0.39 is 18.0 Å². The molecule has 1 atom stereocenters. The van der Waals surface area contributed by atoms with Gasteiger partial charge in [0.1, 0.15) is 0 Å². The number of hydrogen-bond acceptors (Lipinski definition) is 4. The van der Waals surface area contributed by atoms with E-state index in [-0.39, 0.29) is 17.3 Å². The van der Waals surface area contributed by atoms with Crippen LogP contribution in [0.4, 0.5) is 4.79 Å². The van der Waals surface area contributed by atoms with E-state index >= 15 is 0 Å². The molecular formula is C14H26N2O4S. The lowest BCUT2D eigenvalue weighted by Gasteiger charge is -2.36. The monoisotopic (exact) mass is 318 g/mol. The highest BCUT2D eigenvalue weighted by Gasteiger charge is 2.31. The Morgan fingerprint density at radius 3 is 2.38 bits per heavy atom. The molecular weight excluding hydrogens is 292 g/mol. The van der Waals surface area contributed by atoms with Crippen molar-refractivity contribution in [1.29, 1.82) is 0 Å². The number of carboxylic acids is 1. The normalized spacial score (nSPS) is 20.3. The van der Waals surface area contributed by atoms with Crippen molar-refractivity contribution < 1.29 is 19.8 Å². The molecule has 0 spiro atoms. The number of aliphatic hydroxyl groups is 1. The molecule has 0 heterocycles. The fourth-order valence-corrected chi connectivity index (χ4v) is 3.53. The summed E-state index contributed by atoms with van der Waals surface area (Å²) in [4.78, 5) is 22.4. The molecule has 0 aliphatic heterocycles. The van der Waals surface area contributed by atoms with Gasteiger partial charge < -0.3 is 20.8 Å². The number of nitrogens with one attached hydrogen (secondary N) is 2. The molecule has 21 heavy (non-hydrogen) atoms. The fourth-order valence-electron chi connectivity index (χ4n) is 2.61. The maximum atomic E-state index is 11.8. The van der Waals surface area contributed by atoms with Crippen LogP contribution < -0.4 is 10.6 Å². The highest BCUT2D eigenvalue weighted by molar-refractivity contribution is 8.00. The van der Waals surface area contributed by atoms with E-state index in [4.69, 9.17) is 5.11 Å². The molecule has 6 nitrogen and oxygen atoms in total. The summed E-state index contributed by atoms with van der Waals surface area (Å²) in [6.45, 7) is 1.91. The van der Waals surface area contributed by atoms with Crippen LogP contribution in [0.15, 0.2) is 0 Å². The first kappa shape index (κ1) is 18.1. The van der Waals surface area contributed by atoms with Crippen molar-refractivity contribution >= 4 is 23.8 Å². The van der Waals surface area contributed by atoms with Gasteiger partial charge in [-0.15, -0.1) is 0 Å². The molecule has 0 aromatic rings. The molecule has 0 aromatic carbocycles. The van der Waals surface area contributed by atoms with Gasteiger partial charge >= 0.3 is 12.0 Å². The lowest BCUT2D eigenvalue weighted by molar-refractivity contribution is -0.141. The number of rotatable bonds is 7. The lowest BCUT2D eigenvalue weighted by Crippen LogP contribution is -2.49. The molecule has 2 amide bonds. The van der Waals surface area contributed by atoms with Crippen LogP contribution in [-0.2, 0) is 4.79 Å². The second-order valence-corrected chi connectivity index (χ2v) is 7.33. The molecule has 0 bridgehead atoms. The Bertz CT molecular complexity index is 368. The highest BCUT2D eigenvalue weighted by atomic mass is 32.2. The predicted octanol–water partition coefficient (Wildman–Crippen LogP) is 1.58. The Hall–Kier alpha value is -0.950. The van der Waals surface area contributed by atoms with E-state index in [2.05, 4.69) is 16.9 Å². The summed E-state index contributed by atoms with van der Waals surface area (Å²) >= 11 is 1.80. The van der Waals surface area contributed by atoms with Crippen LogP contribution in [0.2, 0.25) is 0 Å². The molecule has 0 saturated heterocycles. The average Bonchev–Trinajstić information content (AvgIpc) is 2.43. The SMILES string of the molecule is CSC1(CNC(=O)NCC(C)(O)CC(=O)O)CCCCC1. The molecule has 4 N–H and O–H groups in total. The molecule has 122 valence electrons. The summed E-state index contributed by atoms with van der Waals surface area (Å²) in [5, 5.41) is 23.9. The average molecular weight is 318 g/mol. The standard InChI is InChI=1S/C14H26N2O4S/c1-13(20,8-11(17)18)9-15-12(19)16-10-14(21-2)6-4-3-5-7-14/h20H,3-10H2,1-2H3,(H,17,18)(H2,15,16,19). The van der Waals surface area contributed by atoms with Crippen LogP contribution in [0.5, 0.6) is 0 Å². The molecule has 1 saturated carbocycles. The first-order valence-electron chi connectivity index (χ1n) is 7.30. The largest absolute Gasteiger partial charge is 0.481 e. The van der Waals surface area contributed by atoms with Crippen molar-refractivity contribution in [3.8, 4) is 0 Å². The first-order chi connectivity index (χ1) is 9.79. The van der Waals surface area contributed by atoms with E-state index in [1.807, 2.05) is 0 Å². The molecule has 1 rings (SSSR count). The van der Waals surface area contributed by atoms with Crippen LogP contribution in [0.25, 0.3) is 0 Å². The molecule has 0 aromatic heterocycles. The van der Waals surface area contributed by atoms with Gasteiger partial charge in [0.25, 0.3) is 0 Å². The van der Waals surface area contributed by atoms with Gasteiger partial charge in [-0.25, -0.2) is 4.79 Å². The molecule has 0 radical (unpaired) electrons. The summed E-state index contributed by atoms with van der Waals surface area (Å²) in [5.74, 6) is -1.09. The zero-order valence-electron chi connectivity index (χ0n) is 12.8. The third kappa shape index (κ3) is 6.56. The molecule has 1 unspecified atom stereocenters. The summed E-state index contributed by atoms with van der Waals surface area (Å²) in [6, 6.07) is -0.361. The summed E-state index contributed by atoms with van der Waals surface area (Å²) < 4.78 is 0.110. The van der Waals surface area contributed by atoms with E-state index in [9.17, 15) is 14.7 Å². The predicted molar refractivity (Wildman–Crippen MR) is 83.6 cm³/mol. The number of carbonyl (C=O) groups is 2. The van der Waals surface area contributed by atoms with Crippen molar-refractivity contribution in [3.63, 3.8) is 0 Å². The third-order valence-electron chi connectivity index (χ3n) is 3.93. The Morgan fingerprint density at radius 1 is 1.24 bits per heavy atom. The number of thioether (sulfide) groups is 1. The Balaban J connectivity index is 2.35. The maximum Gasteiger partial charge on any atom is 0.314 e. The van der Waals surface area contributed by atoms with Crippen LogP contribution in [0.3, 0.4) is 0 Å². The van der Waals surface area contributed by atoms with Crippen molar-refractivity contribution in [3.05, 3.63) is 0 Å². The summed E-state index contributed by atoms with van der Waals surface area (Å²) in [7, 11) is 0. The summed E-state index contributed by atoms with van der Waals surface area (Å²) in [6.07, 6.45) is 7.52. The van der Waals surface area contributed by atoms with Crippen LogP contribution in [0.1, 0.15) is 45.4 Å². The Labute approximate surface area is 130 Å². The topological polar surface area (TPSA) is 98.7 Å². The van der Waals surface area contributed by atoms with Gasteiger partial charge in [0.15, 0.2) is 0 Å². The molecule has 1 fully saturated rings. The van der Waals surface area contributed by atoms with E-state index in [0.717, 1.165) is 12.8 Å². The number of hydrogen-bond donors (Lipinski definition) is 4. The van der Waals surface area contributed by atoms with Crippen molar-refractivity contribution in [2.24, 2.45) is 0 Å². The zero-order chi connectivity index (χ0) is 15.9. The van der Waals surface area contributed by atoms with Crippen molar-refractivity contribution in [1.82, 2.24) is 10.6 Å². The van der Waals surface area contributed by atoms with Crippen molar-refractivity contribution in [2.45, 2.75) is 55.8 Å². The van der Waals surface area contributed by atoms with E-state index in [1.165, 1.54) is 26.2 Å². The lowest BCUT2D eigenvalue weighted by atomic mass is 9.88. The summed E-state index contributed by atoms with van der Waals surface area (Å²) in [5.41, 5.74) is -1.44. The third-order valence-corrected chi connectivity index (χ3v) is 5.35. The van der Waals surface area contributed by atoms with Gasteiger partial charge in [-0.1, -0.05) is 19.3 Å². The number of aliphatic carboxylic acids is 1. The zero-order valence-corrected chi connectivity index (χ0v) is 13.6. The minimum Gasteiger partial charge on any atom is -0.481 e. The minimum absolute atomic E-state index is 0.0859. The Morgan fingerprint density at radius 2 is 1.86 bits per heavy atom. The smallest absolute Gasteiger partial charge is 0.314 e. The van der Waals surface area contributed by atoms with Crippen LogP contribution >= 0.6 is 11.8 Å². The maximum absolute atomic E-state index is 11.8. The fraction of sp³-hybridized carbons (Fsp3) is 0.857. The minimum atomic E-state index is -1.44. The van der Waals surface area contributed by atoms with Gasteiger partial charge in [-0.2, -0.15) is 11.8 Å². The highest BCUT2D eigenvalue weighted by Crippen LogP contribution is 2.37. The first-order valence-corrected chi connectivity index (χ1v) is 8.52. The number of carbonyl (C=O) groups excluding carboxylic acids is 1. The second-order valence-electron chi connectivity index (χ2n) is 6.05. The van der Waals surface area contributed by atoms with E-state index in [1.54, 1.807) is 11.8 Å². The molecule has 7 heteroatoms. The van der Waals surface area contributed by atoms with Gasteiger partial charge in [-0.05, 0) is 26.0 Å². The van der Waals surface area contributed by atoms with Crippen molar-refractivity contribution in [2.75, 3.05) is 19.3 Å². The number of carboxylic acid groups (broad SMARTS) is 1.